The van der Waals surface area contributed by atoms with Crippen molar-refractivity contribution in [1.29, 1.82) is 0 Å². The molecule has 0 saturated heterocycles. The van der Waals surface area contributed by atoms with Gasteiger partial charge in [0.2, 0.25) is 0 Å². The lowest BCUT2D eigenvalue weighted by molar-refractivity contribution is -0.127. The largest absolute Gasteiger partial charge is 0.515 e. The van der Waals surface area contributed by atoms with E-state index in [-0.39, 0.29) is 16.5 Å². The highest BCUT2D eigenvalue weighted by molar-refractivity contribution is 9.12. The lowest BCUT2D eigenvalue weighted by Crippen LogP contribution is -2.34. The lowest BCUT2D eigenvalue weighted by atomic mass is 9.73. The zero-order valence-electron chi connectivity index (χ0n) is 15.8. The number of nitrogens with one attached hydrogen (secondary N) is 2. The normalized spacial score (nSPS) is 15.9. The van der Waals surface area contributed by atoms with Crippen molar-refractivity contribution in [1.82, 2.24) is 10.9 Å². The van der Waals surface area contributed by atoms with Crippen molar-refractivity contribution in [2.24, 2.45) is 5.41 Å². The van der Waals surface area contributed by atoms with E-state index in [1.165, 1.54) is 6.92 Å². The monoisotopic (exact) mass is 430 g/mol. The van der Waals surface area contributed by atoms with Crippen molar-refractivity contribution in [3.05, 3.63) is 46.4 Å². The third-order valence-corrected chi connectivity index (χ3v) is 5.00. The maximum Gasteiger partial charge on any atom is 0.175 e. The van der Waals surface area contributed by atoms with E-state index in [2.05, 4.69) is 33.4 Å². The van der Waals surface area contributed by atoms with Crippen molar-refractivity contribution < 1.29 is 19.1 Å². The maximum atomic E-state index is 13.9. The van der Waals surface area contributed by atoms with Crippen LogP contribution in [0.1, 0.15) is 40.0 Å². The maximum absolute atomic E-state index is 13.9. The molecule has 0 amide bonds. The van der Waals surface area contributed by atoms with Gasteiger partial charge in [0.05, 0.1) is 16.3 Å². The Hall–Kier alpha value is -1.57. The third kappa shape index (κ3) is 6.97. The number of aliphatic hydroxyl groups excluding tert-OH is 1. The molecule has 0 spiro atoms. The molecule has 5 nitrogen and oxygen atoms in total. The van der Waals surface area contributed by atoms with Gasteiger partial charge in [-0.2, -0.15) is 0 Å². The van der Waals surface area contributed by atoms with Gasteiger partial charge in [-0.25, -0.2) is 4.39 Å². The fourth-order valence-electron chi connectivity index (χ4n) is 2.58. The van der Waals surface area contributed by atoms with Crippen LogP contribution in [0.5, 0.6) is 0 Å². The quantitative estimate of drug-likeness (QED) is 0.0822. The van der Waals surface area contributed by atoms with Crippen LogP contribution in [0.4, 0.5) is 4.39 Å². The molecule has 7 heteroatoms. The number of aliphatic hydroxyl groups is 1. The molecule has 0 saturated carbocycles. The van der Waals surface area contributed by atoms with E-state index in [1.807, 2.05) is 0 Å². The van der Waals surface area contributed by atoms with Gasteiger partial charge in [0.15, 0.2) is 11.6 Å². The molecule has 1 atom stereocenters. The number of rotatable bonds is 12. The molecule has 0 aromatic heterocycles. The summed E-state index contributed by atoms with van der Waals surface area (Å²) in [7, 11) is 1.74. The summed E-state index contributed by atoms with van der Waals surface area (Å²) >= 11 is 3.21. The molecule has 0 aliphatic heterocycles. The number of carbonyl (C=O) groups excluding carboxylic acids is 2. The predicted octanol–water partition coefficient (Wildman–Crippen LogP) is 4.20. The number of allylic oxidation sites excluding steroid dienone is 6. The summed E-state index contributed by atoms with van der Waals surface area (Å²) in [5.41, 5.74) is 5.09. The van der Waals surface area contributed by atoms with Crippen molar-refractivity contribution in [2.45, 2.75) is 40.0 Å². The minimum Gasteiger partial charge on any atom is -0.515 e. The average molecular weight is 431 g/mol. The van der Waals surface area contributed by atoms with E-state index in [0.29, 0.717) is 31.2 Å². The van der Waals surface area contributed by atoms with Gasteiger partial charge in [-0.05, 0) is 67.7 Å². The number of hydrazine groups is 1. The number of carbonyl (C=O) groups is 2. The molecule has 0 aromatic rings. The van der Waals surface area contributed by atoms with E-state index >= 15 is 0 Å². The van der Waals surface area contributed by atoms with Gasteiger partial charge in [0, 0.05) is 12.0 Å². The number of Topliss-reactive ketones (excluding diaryl/α,β-unsaturated/α-hetero) is 2. The second-order valence-corrected chi connectivity index (χ2v) is 6.92. The molecular formula is C19H28BrFN2O3. The van der Waals surface area contributed by atoms with Crippen molar-refractivity contribution >= 4 is 27.5 Å². The Labute approximate surface area is 163 Å². The first-order valence-electron chi connectivity index (χ1n) is 8.31. The van der Waals surface area contributed by atoms with Gasteiger partial charge < -0.3 is 5.11 Å². The average Bonchev–Trinajstić information content (AvgIpc) is 2.62. The minimum absolute atomic E-state index is 0.203. The van der Waals surface area contributed by atoms with Crippen LogP contribution in [0.25, 0.3) is 0 Å². The fourth-order valence-corrected chi connectivity index (χ4v) is 3.11. The highest BCUT2D eigenvalue weighted by Crippen LogP contribution is 2.39. The van der Waals surface area contributed by atoms with Crippen LogP contribution in [0, 0.1) is 5.41 Å². The van der Waals surface area contributed by atoms with E-state index in [4.69, 9.17) is 0 Å². The molecular weight excluding hydrogens is 403 g/mol. The Morgan fingerprint density at radius 3 is 2.42 bits per heavy atom. The smallest absolute Gasteiger partial charge is 0.175 e. The lowest BCUT2D eigenvalue weighted by Gasteiger charge is -2.30. The molecule has 0 rings (SSSR count). The van der Waals surface area contributed by atoms with E-state index in [0.717, 1.165) is 6.08 Å². The SMILES string of the molecule is C=C/C(F)=C(Br)\C(=C/C)CC(C)(CCCNNC)C(=O)C(=CO)C(C)=O. The Kier molecular flexibility index (Phi) is 11.2. The predicted molar refractivity (Wildman–Crippen MR) is 106 cm³/mol. The van der Waals surface area contributed by atoms with E-state index in [1.54, 1.807) is 27.0 Å². The molecule has 3 N–H and O–H groups in total. The summed E-state index contributed by atoms with van der Waals surface area (Å²) in [5.74, 6) is -1.50. The molecule has 0 radical (unpaired) electrons. The Bertz CT molecular complexity index is 626. The second kappa shape index (κ2) is 11.9. The minimum atomic E-state index is -0.988. The molecule has 26 heavy (non-hydrogen) atoms. The summed E-state index contributed by atoms with van der Waals surface area (Å²) in [5, 5.41) is 9.33. The fraction of sp³-hybridized carbons (Fsp3) is 0.474. The van der Waals surface area contributed by atoms with Gasteiger partial charge >= 0.3 is 0 Å². The summed E-state index contributed by atoms with van der Waals surface area (Å²) in [6.45, 7) is 8.71. The van der Waals surface area contributed by atoms with Crippen LogP contribution in [0.3, 0.4) is 0 Å². The first-order valence-corrected chi connectivity index (χ1v) is 9.10. The molecule has 1 unspecified atom stereocenters. The second-order valence-electron chi connectivity index (χ2n) is 6.13. The summed E-state index contributed by atoms with van der Waals surface area (Å²) in [6.07, 6.45) is 4.63. The molecule has 0 aliphatic rings. The summed E-state index contributed by atoms with van der Waals surface area (Å²) < 4.78 is 14.1. The standard InChI is InChI=1S/C19H28BrFN2O3/c1-6-14(17(20)16(21)7-2)11-19(4,9-8-10-23-22-5)18(26)15(12-24)13(3)25/h6-7,12,22-24H,2,8-11H2,1,3-5H3/b14-6-,15-12?,17-16-. The van der Waals surface area contributed by atoms with Crippen LogP contribution >= 0.6 is 15.9 Å². The Morgan fingerprint density at radius 2 is 2.00 bits per heavy atom. The Morgan fingerprint density at radius 1 is 1.38 bits per heavy atom. The van der Waals surface area contributed by atoms with Gasteiger partial charge in [0.25, 0.3) is 0 Å². The first-order chi connectivity index (χ1) is 12.2. The van der Waals surface area contributed by atoms with Crippen molar-refractivity contribution in [3.8, 4) is 0 Å². The molecule has 0 fully saturated rings. The van der Waals surface area contributed by atoms with Crippen LogP contribution in [0.15, 0.2) is 46.4 Å². The van der Waals surface area contributed by atoms with Gasteiger partial charge in [-0.3, -0.25) is 20.4 Å². The number of halogens is 2. The topological polar surface area (TPSA) is 78.4 Å². The number of hydrogen-bond acceptors (Lipinski definition) is 5. The molecule has 146 valence electrons. The van der Waals surface area contributed by atoms with Crippen LogP contribution in [-0.2, 0) is 9.59 Å². The Balaban J connectivity index is 5.81. The zero-order valence-corrected chi connectivity index (χ0v) is 17.4. The van der Waals surface area contributed by atoms with Crippen molar-refractivity contribution in [2.75, 3.05) is 13.6 Å². The zero-order chi connectivity index (χ0) is 20.3. The highest BCUT2D eigenvalue weighted by atomic mass is 79.9. The number of ketones is 2. The van der Waals surface area contributed by atoms with Gasteiger partial charge in [0.1, 0.15) is 5.83 Å². The van der Waals surface area contributed by atoms with Crippen molar-refractivity contribution in [3.63, 3.8) is 0 Å². The van der Waals surface area contributed by atoms with E-state index < -0.39 is 22.8 Å². The van der Waals surface area contributed by atoms with Gasteiger partial charge in [-0.1, -0.05) is 19.6 Å². The van der Waals surface area contributed by atoms with E-state index in [9.17, 15) is 19.1 Å². The summed E-state index contributed by atoms with van der Waals surface area (Å²) in [4.78, 5) is 24.7. The molecule has 0 aliphatic carbocycles. The van der Waals surface area contributed by atoms with Gasteiger partial charge in [-0.15, -0.1) is 0 Å². The third-order valence-electron chi connectivity index (χ3n) is 4.11. The first kappa shape index (κ1) is 24.4. The summed E-state index contributed by atoms with van der Waals surface area (Å²) in [6, 6.07) is 0. The highest BCUT2D eigenvalue weighted by Gasteiger charge is 2.37. The van der Waals surface area contributed by atoms with Crippen LogP contribution in [-0.4, -0.2) is 30.3 Å². The number of hydrogen-bond donors (Lipinski definition) is 3. The van der Waals surface area contributed by atoms with Crippen LogP contribution < -0.4 is 10.9 Å². The molecule has 0 bridgehead atoms. The van der Waals surface area contributed by atoms with Crippen LogP contribution in [0.2, 0.25) is 0 Å². The molecule has 0 aromatic carbocycles. The molecule has 0 heterocycles.